The fourth-order valence-corrected chi connectivity index (χ4v) is 2.99. The average molecular weight is 300 g/mol. The van der Waals surface area contributed by atoms with Gasteiger partial charge in [0.1, 0.15) is 0 Å². The summed E-state index contributed by atoms with van der Waals surface area (Å²) in [5.41, 5.74) is 2.73. The summed E-state index contributed by atoms with van der Waals surface area (Å²) in [6.07, 6.45) is 0. The summed E-state index contributed by atoms with van der Waals surface area (Å²) in [5.74, 6) is 0. The fraction of sp³-hybridized carbons (Fsp3) is 0.0667. The second kappa shape index (κ2) is 5.49. The van der Waals surface area contributed by atoms with Crippen LogP contribution in [0.15, 0.2) is 42.5 Å². The molecule has 0 aliphatic rings. The summed E-state index contributed by atoms with van der Waals surface area (Å²) < 4.78 is 1.07. The smallest absolute Gasteiger partial charge is 0.184 e. The van der Waals surface area contributed by atoms with Crippen LogP contribution in [0.1, 0.15) is 11.1 Å². The molecule has 3 aromatic rings. The molecule has 3 rings (SSSR count). The van der Waals surface area contributed by atoms with Gasteiger partial charge in [-0.25, -0.2) is 4.98 Å². The number of hydrogen-bond donors (Lipinski definition) is 1. The van der Waals surface area contributed by atoms with E-state index in [1.54, 1.807) is 11.3 Å². The highest BCUT2D eigenvalue weighted by molar-refractivity contribution is 7.22. The van der Waals surface area contributed by atoms with Gasteiger partial charge in [-0.3, -0.25) is 0 Å². The van der Waals surface area contributed by atoms with Crippen LogP contribution in [-0.2, 0) is 6.54 Å². The SMILES string of the molecule is N#Cc1ccc(CNc2nc3ccc(Cl)cc3s2)cc1. The maximum atomic E-state index is 8.75. The first-order chi connectivity index (χ1) is 9.74. The Labute approximate surface area is 125 Å². The first kappa shape index (κ1) is 12.9. The summed E-state index contributed by atoms with van der Waals surface area (Å²) in [4.78, 5) is 4.50. The molecule has 0 fully saturated rings. The van der Waals surface area contributed by atoms with Crippen molar-refractivity contribution in [1.29, 1.82) is 5.26 Å². The number of fused-ring (bicyclic) bond motifs is 1. The highest BCUT2D eigenvalue weighted by Crippen LogP contribution is 2.28. The molecule has 0 spiro atoms. The zero-order valence-electron chi connectivity index (χ0n) is 10.4. The van der Waals surface area contributed by atoms with Gasteiger partial charge in [0.25, 0.3) is 0 Å². The Morgan fingerprint density at radius 1 is 1.20 bits per heavy atom. The van der Waals surface area contributed by atoms with Crippen molar-refractivity contribution in [2.45, 2.75) is 6.54 Å². The number of benzene rings is 2. The normalized spacial score (nSPS) is 10.4. The van der Waals surface area contributed by atoms with Gasteiger partial charge < -0.3 is 5.32 Å². The van der Waals surface area contributed by atoms with Crippen molar-refractivity contribution in [2.24, 2.45) is 0 Å². The van der Waals surface area contributed by atoms with Crippen LogP contribution in [-0.4, -0.2) is 4.98 Å². The average Bonchev–Trinajstić information content (AvgIpc) is 2.87. The van der Waals surface area contributed by atoms with Crippen LogP contribution >= 0.6 is 22.9 Å². The van der Waals surface area contributed by atoms with Gasteiger partial charge in [0.15, 0.2) is 5.13 Å². The lowest BCUT2D eigenvalue weighted by atomic mass is 10.1. The van der Waals surface area contributed by atoms with Crippen molar-refractivity contribution in [3.8, 4) is 6.07 Å². The molecule has 0 saturated carbocycles. The van der Waals surface area contributed by atoms with E-state index in [-0.39, 0.29) is 0 Å². The molecule has 1 aromatic heterocycles. The third kappa shape index (κ3) is 2.74. The van der Waals surface area contributed by atoms with Crippen LogP contribution in [0.3, 0.4) is 0 Å². The Morgan fingerprint density at radius 3 is 2.75 bits per heavy atom. The molecular formula is C15H10ClN3S. The minimum Gasteiger partial charge on any atom is -0.357 e. The topological polar surface area (TPSA) is 48.7 Å². The van der Waals surface area contributed by atoms with E-state index in [1.165, 1.54) is 0 Å². The summed E-state index contributed by atoms with van der Waals surface area (Å²) in [7, 11) is 0. The molecule has 3 nitrogen and oxygen atoms in total. The third-order valence-corrected chi connectivity index (χ3v) is 4.09. The van der Waals surface area contributed by atoms with Gasteiger partial charge in [-0.2, -0.15) is 5.26 Å². The molecule has 0 aliphatic carbocycles. The Balaban J connectivity index is 1.74. The van der Waals surface area contributed by atoms with Gasteiger partial charge in [-0.1, -0.05) is 35.1 Å². The molecule has 1 heterocycles. The van der Waals surface area contributed by atoms with Gasteiger partial charge in [0.05, 0.1) is 21.8 Å². The lowest BCUT2D eigenvalue weighted by Crippen LogP contribution is -1.98. The molecule has 2 aromatic carbocycles. The Hall–Kier alpha value is -2.09. The zero-order chi connectivity index (χ0) is 13.9. The van der Waals surface area contributed by atoms with Gasteiger partial charge >= 0.3 is 0 Å². The van der Waals surface area contributed by atoms with Crippen molar-refractivity contribution in [3.63, 3.8) is 0 Å². The Morgan fingerprint density at radius 2 is 2.00 bits per heavy atom. The fourth-order valence-electron chi connectivity index (χ4n) is 1.85. The molecule has 0 saturated heterocycles. The Kier molecular flexibility index (Phi) is 3.55. The molecule has 20 heavy (non-hydrogen) atoms. The number of halogens is 1. The number of nitrogens with zero attached hydrogens (tertiary/aromatic N) is 2. The monoisotopic (exact) mass is 299 g/mol. The van der Waals surface area contributed by atoms with Gasteiger partial charge in [-0.15, -0.1) is 0 Å². The zero-order valence-corrected chi connectivity index (χ0v) is 12.0. The predicted octanol–water partition coefficient (Wildman–Crippen LogP) is 4.43. The van der Waals surface area contributed by atoms with E-state index in [9.17, 15) is 0 Å². The maximum absolute atomic E-state index is 8.75. The number of nitrogens with one attached hydrogen (secondary N) is 1. The van der Waals surface area contributed by atoms with Crippen molar-refractivity contribution in [1.82, 2.24) is 4.98 Å². The largest absolute Gasteiger partial charge is 0.357 e. The van der Waals surface area contributed by atoms with Crippen molar-refractivity contribution >= 4 is 38.3 Å². The van der Waals surface area contributed by atoms with Crippen LogP contribution in [0, 0.1) is 11.3 Å². The lowest BCUT2D eigenvalue weighted by Gasteiger charge is -2.02. The maximum Gasteiger partial charge on any atom is 0.184 e. The van der Waals surface area contributed by atoms with Gasteiger partial charge in [0.2, 0.25) is 0 Å². The van der Waals surface area contributed by atoms with E-state index < -0.39 is 0 Å². The molecule has 1 N–H and O–H groups in total. The van der Waals surface area contributed by atoms with Gasteiger partial charge in [0, 0.05) is 11.6 Å². The van der Waals surface area contributed by atoms with Crippen LogP contribution in [0.25, 0.3) is 10.2 Å². The number of aromatic nitrogens is 1. The number of anilines is 1. The molecule has 0 aliphatic heterocycles. The highest BCUT2D eigenvalue weighted by atomic mass is 35.5. The van der Waals surface area contributed by atoms with Crippen molar-refractivity contribution < 1.29 is 0 Å². The van der Waals surface area contributed by atoms with Crippen LogP contribution in [0.4, 0.5) is 5.13 Å². The summed E-state index contributed by atoms with van der Waals surface area (Å²) in [6.45, 7) is 0.680. The van der Waals surface area contributed by atoms with Crippen molar-refractivity contribution in [2.75, 3.05) is 5.32 Å². The third-order valence-electron chi connectivity index (χ3n) is 2.88. The summed E-state index contributed by atoms with van der Waals surface area (Å²) in [5, 5.41) is 13.6. The van der Waals surface area contributed by atoms with Crippen LogP contribution < -0.4 is 5.32 Å². The minimum absolute atomic E-state index is 0.670. The lowest BCUT2D eigenvalue weighted by molar-refractivity contribution is 1.14. The summed E-state index contributed by atoms with van der Waals surface area (Å²) in [6, 6.07) is 15.3. The highest BCUT2D eigenvalue weighted by Gasteiger charge is 2.04. The molecule has 0 amide bonds. The van der Waals surface area contributed by atoms with Gasteiger partial charge in [-0.05, 0) is 35.9 Å². The number of thiazole rings is 1. The molecule has 0 atom stereocenters. The molecule has 5 heteroatoms. The number of hydrogen-bond acceptors (Lipinski definition) is 4. The molecule has 98 valence electrons. The quantitative estimate of drug-likeness (QED) is 0.778. The van der Waals surface area contributed by atoms with E-state index in [4.69, 9.17) is 16.9 Å². The van der Waals surface area contributed by atoms with E-state index in [0.29, 0.717) is 12.1 Å². The van der Waals surface area contributed by atoms with Crippen LogP contribution in [0.2, 0.25) is 5.02 Å². The summed E-state index contributed by atoms with van der Waals surface area (Å²) >= 11 is 7.54. The number of rotatable bonds is 3. The van der Waals surface area contributed by atoms with E-state index >= 15 is 0 Å². The molecule has 0 radical (unpaired) electrons. The second-order valence-corrected chi connectivity index (χ2v) is 5.76. The molecule has 0 bridgehead atoms. The van der Waals surface area contributed by atoms with E-state index in [1.807, 2.05) is 42.5 Å². The van der Waals surface area contributed by atoms with Crippen molar-refractivity contribution in [3.05, 3.63) is 58.6 Å². The van der Waals surface area contributed by atoms with E-state index in [0.717, 1.165) is 25.9 Å². The second-order valence-electron chi connectivity index (χ2n) is 4.29. The Bertz CT molecular complexity index is 787. The number of nitriles is 1. The van der Waals surface area contributed by atoms with Crippen LogP contribution in [0.5, 0.6) is 0 Å². The molecule has 0 unspecified atom stereocenters. The first-order valence-corrected chi connectivity index (χ1v) is 7.23. The van der Waals surface area contributed by atoms with E-state index in [2.05, 4.69) is 16.4 Å². The predicted molar refractivity (Wildman–Crippen MR) is 83.1 cm³/mol. The first-order valence-electron chi connectivity index (χ1n) is 6.03. The standard InChI is InChI=1S/C15H10ClN3S/c16-12-5-6-13-14(7-12)20-15(19-13)18-9-11-3-1-10(8-17)2-4-11/h1-7H,9H2,(H,18,19). The molecular weight excluding hydrogens is 290 g/mol. The minimum atomic E-state index is 0.670.